The van der Waals surface area contributed by atoms with Crippen LogP contribution in [-0.4, -0.2) is 23.1 Å². The van der Waals surface area contributed by atoms with Crippen LogP contribution >= 0.6 is 15.9 Å². The highest BCUT2D eigenvalue weighted by Gasteiger charge is 2.20. The number of nitrogens with one attached hydrogen (secondary N) is 1. The minimum atomic E-state index is 0.678. The van der Waals surface area contributed by atoms with Crippen molar-refractivity contribution in [2.24, 2.45) is 0 Å². The van der Waals surface area contributed by atoms with E-state index in [1.165, 1.54) is 24.1 Å². The third kappa shape index (κ3) is 3.02. The summed E-state index contributed by atoms with van der Waals surface area (Å²) >= 11 is 3.60. The molecule has 0 spiro atoms. The number of fused-ring (bicyclic) bond motifs is 1. The summed E-state index contributed by atoms with van der Waals surface area (Å²) in [4.78, 5) is 11.3. The minimum Gasteiger partial charge on any atom is -0.354 e. The van der Waals surface area contributed by atoms with Crippen LogP contribution < -0.4 is 10.2 Å². The maximum atomic E-state index is 4.68. The molecule has 2 heterocycles. The Balaban J connectivity index is 2.05. The number of benzene rings is 1. The van der Waals surface area contributed by atoms with Crippen LogP contribution in [0.25, 0.3) is 0 Å². The quantitative estimate of drug-likeness (QED) is 0.906. The zero-order chi connectivity index (χ0) is 14.7. The number of hydrogen-bond acceptors (Lipinski definition) is 4. The first kappa shape index (κ1) is 14.3. The van der Waals surface area contributed by atoms with E-state index in [4.69, 9.17) is 0 Å². The molecular weight excluding hydrogens is 328 g/mol. The highest BCUT2D eigenvalue weighted by molar-refractivity contribution is 9.10. The zero-order valence-corrected chi connectivity index (χ0v) is 13.7. The van der Waals surface area contributed by atoms with Crippen molar-refractivity contribution < 1.29 is 0 Å². The van der Waals surface area contributed by atoms with Gasteiger partial charge in [-0.05, 0) is 53.7 Å². The average Bonchev–Trinajstić information content (AvgIpc) is 2.72. The van der Waals surface area contributed by atoms with Gasteiger partial charge < -0.3 is 10.2 Å². The van der Waals surface area contributed by atoms with Crippen LogP contribution in [0.2, 0.25) is 0 Å². The van der Waals surface area contributed by atoms with Gasteiger partial charge >= 0.3 is 0 Å². The molecule has 0 saturated heterocycles. The maximum Gasteiger partial charge on any atom is 0.224 e. The van der Waals surface area contributed by atoms with E-state index in [0.717, 1.165) is 29.8 Å². The van der Waals surface area contributed by atoms with E-state index in [0.29, 0.717) is 5.95 Å². The molecule has 0 unspecified atom stereocenters. The molecule has 5 heteroatoms. The predicted octanol–water partition coefficient (Wildman–Crippen LogP) is 4.15. The van der Waals surface area contributed by atoms with Crippen molar-refractivity contribution in [1.82, 2.24) is 9.97 Å². The molecule has 1 aliphatic rings. The predicted molar refractivity (Wildman–Crippen MR) is 90.3 cm³/mol. The SMILES string of the molecule is CCNc1ncc(Br)c(N2CCCCc3ccccc32)n1. The van der Waals surface area contributed by atoms with E-state index in [1.54, 1.807) is 0 Å². The molecule has 4 nitrogen and oxygen atoms in total. The number of para-hydroxylation sites is 1. The molecule has 0 bridgehead atoms. The molecule has 1 aromatic carbocycles. The second-order valence-corrected chi connectivity index (χ2v) is 5.99. The first-order valence-corrected chi connectivity index (χ1v) is 8.20. The summed E-state index contributed by atoms with van der Waals surface area (Å²) in [5, 5.41) is 3.18. The summed E-state index contributed by atoms with van der Waals surface area (Å²) in [7, 11) is 0. The molecule has 21 heavy (non-hydrogen) atoms. The lowest BCUT2D eigenvalue weighted by molar-refractivity contribution is 0.756. The summed E-state index contributed by atoms with van der Waals surface area (Å²) < 4.78 is 0.931. The van der Waals surface area contributed by atoms with Gasteiger partial charge in [-0.25, -0.2) is 4.98 Å². The van der Waals surface area contributed by atoms with Gasteiger partial charge in [-0.1, -0.05) is 18.2 Å². The lowest BCUT2D eigenvalue weighted by atomic mass is 10.1. The van der Waals surface area contributed by atoms with Gasteiger partial charge in [0.1, 0.15) is 0 Å². The molecule has 110 valence electrons. The fraction of sp³-hybridized carbons (Fsp3) is 0.375. The summed E-state index contributed by atoms with van der Waals surface area (Å²) in [5.41, 5.74) is 2.65. The van der Waals surface area contributed by atoms with Crippen LogP contribution in [0, 0.1) is 0 Å². The third-order valence-corrected chi connectivity index (χ3v) is 4.24. The van der Waals surface area contributed by atoms with E-state index in [1.807, 2.05) is 13.1 Å². The summed E-state index contributed by atoms with van der Waals surface area (Å²) in [6, 6.07) is 8.61. The van der Waals surface area contributed by atoms with Crippen LogP contribution in [-0.2, 0) is 6.42 Å². The minimum absolute atomic E-state index is 0.678. The van der Waals surface area contributed by atoms with Crippen molar-refractivity contribution in [2.45, 2.75) is 26.2 Å². The second-order valence-electron chi connectivity index (χ2n) is 5.13. The Morgan fingerprint density at radius 1 is 1.29 bits per heavy atom. The van der Waals surface area contributed by atoms with Gasteiger partial charge in [0, 0.05) is 25.0 Å². The van der Waals surface area contributed by atoms with E-state index < -0.39 is 0 Å². The fourth-order valence-corrected chi connectivity index (χ4v) is 3.11. The molecule has 0 amide bonds. The number of aromatic nitrogens is 2. The van der Waals surface area contributed by atoms with Crippen LogP contribution in [0.4, 0.5) is 17.5 Å². The van der Waals surface area contributed by atoms with Gasteiger partial charge in [0.15, 0.2) is 5.82 Å². The summed E-state index contributed by atoms with van der Waals surface area (Å²) in [6.07, 6.45) is 5.35. The van der Waals surface area contributed by atoms with E-state index in [9.17, 15) is 0 Å². The Hall–Kier alpha value is -1.62. The van der Waals surface area contributed by atoms with Gasteiger partial charge in [-0.2, -0.15) is 4.98 Å². The van der Waals surface area contributed by atoms with E-state index >= 15 is 0 Å². The van der Waals surface area contributed by atoms with Gasteiger partial charge in [0.25, 0.3) is 0 Å². The van der Waals surface area contributed by atoms with Crippen LogP contribution in [0.5, 0.6) is 0 Å². The first-order valence-electron chi connectivity index (χ1n) is 7.41. The molecule has 2 aromatic rings. The van der Waals surface area contributed by atoms with Crippen molar-refractivity contribution in [1.29, 1.82) is 0 Å². The molecule has 3 rings (SSSR count). The number of aryl methyl sites for hydroxylation is 1. The van der Waals surface area contributed by atoms with Gasteiger partial charge in [-0.3, -0.25) is 0 Å². The molecule has 0 atom stereocenters. The Morgan fingerprint density at radius 3 is 3.00 bits per heavy atom. The highest BCUT2D eigenvalue weighted by Crippen LogP contribution is 2.35. The summed E-state index contributed by atoms with van der Waals surface area (Å²) in [5.74, 6) is 1.62. The number of rotatable bonds is 3. The molecule has 0 saturated carbocycles. The van der Waals surface area contributed by atoms with Crippen molar-refractivity contribution in [3.05, 3.63) is 40.5 Å². The Labute approximate surface area is 133 Å². The van der Waals surface area contributed by atoms with E-state index in [2.05, 4.69) is 60.4 Å². The number of hydrogen-bond donors (Lipinski definition) is 1. The van der Waals surface area contributed by atoms with Gasteiger partial charge in [-0.15, -0.1) is 0 Å². The first-order chi connectivity index (χ1) is 10.3. The van der Waals surface area contributed by atoms with Crippen molar-refractivity contribution in [3.8, 4) is 0 Å². The number of nitrogens with zero attached hydrogens (tertiary/aromatic N) is 3. The average molecular weight is 347 g/mol. The fourth-order valence-electron chi connectivity index (χ4n) is 2.70. The molecule has 1 aliphatic heterocycles. The molecule has 0 radical (unpaired) electrons. The third-order valence-electron chi connectivity index (χ3n) is 3.68. The van der Waals surface area contributed by atoms with Gasteiger partial charge in [0.2, 0.25) is 5.95 Å². The topological polar surface area (TPSA) is 41.1 Å². The van der Waals surface area contributed by atoms with Crippen LogP contribution in [0.1, 0.15) is 25.3 Å². The molecule has 0 fully saturated rings. The molecular formula is C16H19BrN4. The molecule has 1 aromatic heterocycles. The van der Waals surface area contributed by atoms with Crippen molar-refractivity contribution >= 4 is 33.4 Å². The van der Waals surface area contributed by atoms with Crippen LogP contribution in [0.3, 0.4) is 0 Å². The summed E-state index contributed by atoms with van der Waals surface area (Å²) in [6.45, 7) is 3.85. The maximum absolute atomic E-state index is 4.68. The number of anilines is 3. The second kappa shape index (κ2) is 6.43. The molecule has 0 aliphatic carbocycles. The standard InChI is InChI=1S/C16H19BrN4/c1-2-18-16-19-11-13(17)15(20-16)21-10-6-5-8-12-7-3-4-9-14(12)21/h3-4,7,9,11H,2,5-6,8,10H2,1H3,(H,18,19,20). The lowest BCUT2D eigenvalue weighted by Crippen LogP contribution is -2.20. The Bertz CT molecular complexity index is 629. The Morgan fingerprint density at radius 2 is 2.14 bits per heavy atom. The lowest BCUT2D eigenvalue weighted by Gasteiger charge is -2.25. The Kier molecular flexibility index (Phi) is 4.39. The largest absolute Gasteiger partial charge is 0.354 e. The highest BCUT2D eigenvalue weighted by atomic mass is 79.9. The zero-order valence-electron chi connectivity index (χ0n) is 12.1. The monoisotopic (exact) mass is 346 g/mol. The smallest absolute Gasteiger partial charge is 0.224 e. The van der Waals surface area contributed by atoms with Crippen molar-refractivity contribution in [3.63, 3.8) is 0 Å². The number of halogens is 1. The molecule has 1 N–H and O–H groups in total. The van der Waals surface area contributed by atoms with Crippen LogP contribution in [0.15, 0.2) is 34.9 Å². The van der Waals surface area contributed by atoms with Crippen molar-refractivity contribution in [2.75, 3.05) is 23.3 Å². The van der Waals surface area contributed by atoms with Gasteiger partial charge in [0.05, 0.1) is 4.47 Å². The normalized spacial score (nSPS) is 14.5. The van der Waals surface area contributed by atoms with E-state index in [-0.39, 0.29) is 0 Å².